The van der Waals surface area contributed by atoms with Crippen LogP contribution in [0, 0.1) is 11.8 Å². The molecule has 72 valence electrons. The Kier molecular flexibility index (Phi) is 3.75. The van der Waals surface area contributed by atoms with Gasteiger partial charge in [0.05, 0.1) is 12.7 Å². The van der Waals surface area contributed by atoms with Crippen LogP contribution in [0.1, 0.15) is 29.3 Å². The van der Waals surface area contributed by atoms with E-state index in [1.54, 1.807) is 18.2 Å². The van der Waals surface area contributed by atoms with Gasteiger partial charge < -0.3 is 4.74 Å². The van der Waals surface area contributed by atoms with Gasteiger partial charge >= 0.3 is 5.97 Å². The molecule has 2 heteroatoms. The minimum atomic E-state index is -0.329. The van der Waals surface area contributed by atoms with E-state index in [9.17, 15) is 4.79 Å². The molecule has 0 fully saturated rings. The number of esters is 1. The Labute approximate surface area is 83.9 Å². The molecule has 0 aliphatic heterocycles. The molecule has 2 nitrogen and oxygen atoms in total. The fourth-order valence-electron chi connectivity index (χ4n) is 1.03. The molecule has 1 aromatic carbocycles. The lowest BCUT2D eigenvalue weighted by molar-refractivity contribution is 0.0600. The maximum Gasteiger partial charge on any atom is 0.337 e. The van der Waals surface area contributed by atoms with Gasteiger partial charge in [-0.1, -0.05) is 24.8 Å². The average Bonchev–Trinajstić information content (AvgIpc) is 2.25. The minimum Gasteiger partial charge on any atom is -0.465 e. The second-order valence-electron chi connectivity index (χ2n) is 2.73. The molecule has 0 unspecified atom stereocenters. The molecule has 0 N–H and O–H groups in total. The van der Waals surface area contributed by atoms with Crippen molar-refractivity contribution < 1.29 is 9.53 Å². The summed E-state index contributed by atoms with van der Waals surface area (Å²) < 4.78 is 4.61. The molecule has 1 rings (SSSR count). The van der Waals surface area contributed by atoms with E-state index in [0.717, 1.165) is 12.0 Å². The molecule has 0 aliphatic carbocycles. The van der Waals surface area contributed by atoms with Crippen LogP contribution in [-0.4, -0.2) is 13.1 Å². The van der Waals surface area contributed by atoms with E-state index >= 15 is 0 Å². The Morgan fingerprint density at radius 3 is 2.93 bits per heavy atom. The molecular weight excluding hydrogens is 176 g/mol. The van der Waals surface area contributed by atoms with E-state index in [1.807, 2.05) is 13.0 Å². The van der Waals surface area contributed by atoms with Crippen molar-refractivity contribution in [3.63, 3.8) is 0 Å². The molecule has 1 aromatic rings. The van der Waals surface area contributed by atoms with Gasteiger partial charge in [-0.15, -0.1) is 0 Å². The molecule has 0 aliphatic rings. The Hall–Kier alpha value is -1.75. The van der Waals surface area contributed by atoms with Crippen LogP contribution in [0.25, 0.3) is 0 Å². The highest BCUT2D eigenvalue weighted by Gasteiger charge is 2.03. The number of hydrogen-bond donors (Lipinski definition) is 0. The molecule has 0 saturated heterocycles. The van der Waals surface area contributed by atoms with Crippen LogP contribution in [0.5, 0.6) is 0 Å². The van der Waals surface area contributed by atoms with E-state index in [-0.39, 0.29) is 5.97 Å². The second-order valence-corrected chi connectivity index (χ2v) is 2.73. The van der Waals surface area contributed by atoms with Gasteiger partial charge in [0.1, 0.15) is 0 Å². The SMILES string of the molecule is CCC#Cc1cccc(C(=O)OC)c1. The number of hydrogen-bond acceptors (Lipinski definition) is 2. The molecule has 0 heterocycles. The fraction of sp³-hybridized carbons (Fsp3) is 0.250. The van der Waals surface area contributed by atoms with E-state index in [1.165, 1.54) is 7.11 Å². The van der Waals surface area contributed by atoms with Crippen molar-refractivity contribution in [2.45, 2.75) is 13.3 Å². The number of rotatable bonds is 1. The first-order valence-electron chi connectivity index (χ1n) is 4.45. The van der Waals surface area contributed by atoms with E-state index in [4.69, 9.17) is 0 Å². The first kappa shape index (κ1) is 10.3. The summed E-state index contributed by atoms with van der Waals surface area (Å²) >= 11 is 0. The molecule has 0 radical (unpaired) electrons. The fourth-order valence-corrected chi connectivity index (χ4v) is 1.03. The summed E-state index contributed by atoms with van der Waals surface area (Å²) in [6.45, 7) is 1.98. The van der Waals surface area contributed by atoms with Gasteiger partial charge in [0.15, 0.2) is 0 Å². The lowest BCUT2D eigenvalue weighted by atomic mass is 10.1. The summed E-state index contributed by atoms with van der Waals surface area (Å²) in [6, 6.07) is 7.11. The van der Waals surface area contributed by atoms with Crippen LogP contribution >= 0.6 is 0 Å². The lowest BCUT2D eigenvalue weighted by Crippen LogP contribution is -2.00. The summed E-state index contributed by atoms with van der Waals surface area (Å²) in [5, 5.41) is 0. The van der Waals surface area contributed by atoms with Gasteiger partial charge in [-0.3, -0.25) is 0 Å². The van der Waals surface area contributed by atoms with Crippen LogP contribution in [0.3, 0.4) is 0 Å². The van der Waals surface area contributed by atoms with Crippen molar-refractivity contribution in [2.75, 3.05) is 7.11 Å². The molecule has 0 atom stereocenters. The topological polar surface area (TPSA) is 26.3 Å². The van der Waals surface area contributed by atoms with Crippen molar-refractivity contribution in [1.82, 2.24) is 0 Å². The lowest BCUT2D eigenvalue weighted by Gasteiger charge is -1.98. The maximum atomic E-state index is 11.2. The van der Waals surface area contributed by atoms with E-state index in [0.29, 0.717) is 5.56 Å². The average molecular weight is 188 g/mol. The predicted molar refractivity (Wildman–Crippen MR) is 55.0 cm³/mol. The van der Waals surface area contributed by atoms with Gasteiger partial charge in [-0.05, 0) is 18.2 Å². The third-order valence-electron chi connectivity index (χ3n) is 1.69. The van der Waals surface area contributed by atoms with E-state index < -0.39 is 0 Å². The van der Waals surface area contributed by atoms with Gasteiger partial charge in [0, 0.05) is 12.0 Å². The highest BCUT2D eigenvalue weighted by atomic mass is 16.5. The zero-order chi connectivity index (χ0) is 10.4. The quantitative estimate of drug-likeness (QED) is 0.499. The number of methoxy groups -OCH3 is 1. The third kappa shape index (κ3) is 2.63. The first-order chi connectivity index (χ1) is 6.77. The zero-order valence-electron chi connectivity index (χ0n) is 8.33. The molecule has 0 amide bonds. The van der Waals surface area contributed by atoms with Crippen LogP contribution < -0.4 is 0 Å². The number of carbonyl (C=O) groups is 1. The van der Waals surface area contributed by atoms with Crippen LogP contribution in [-0.2, 0) is 4.74 Å². The summed E-state index contributed by atoms with van der Waals surface area (Å²) in [5.41, 5.74) is 1.38. The Balaban J connectivity index is 2.95. The molecular formula is C12H12O2. The molecule has 0 bridgehead atoms. The summed E-state index contributed by atoms with van der Waals surface area (Å²) in [6.07, 6.45) is 0.808. The molecule has 0 saturated carbocycles. The summed E-state index contributed by atoms with van der Waals surface area (Å²) in [7, 11) is 1.37. The number of ether oxygens (including phenoxy) is 1. The van der Waals surface area contributed by atoms with Gasteiger partial charge in [-0.25, -0.2) is 4.79 Å². The maximum absolute atomic E-state index is 11.2. The standard InChI is InChI=1S/C12H12O2/c1-3-4-6-10-7-5-8-11(9-10)12(13)14-2/h5,7-9H,3H2,1-2H3. The normalized spacial score (nSPS) is 8.71. The van der Waals surface area contributed by atoms with Crippen molar-refractivity contribution >= 4 is 5.97 Å². The van der Waals surface area contributed by atoms with Crippen molar-refractivity contribution in [2.24, 2.45) is 0 Å². The zero-order valence-corrected chi connectivity index (χ0v) is 8.33. The Morgan fingerprint density at radius 2 is 2.29 bits per heavy atom. The van der Waals surface area contributed by atoms with Gasteiger partial charge in [-0.2, -0.15) is 0 Å². The van der Waals surface area contributed by atoms with E-state index in [2.05, 4.69) is 16.6 Å². The van der Waals surface area contributed by atoms with Crippen LogP contribution in [0.4, 0.5) is 0 Å². The summed E-state index contributed by atoms with van der Waals surface area (Å²) in [5.74, 6) is 5.57. The third-order valence-corrected chi connectivity index (χ3v) is 1.69. The number of carbonyl (C=O) groups excluding carboxylic acids is 1. The Morgan fingerprint density at radius 1 is 1.50 bits per heavy atom. The smallest absolute Gasteiger partial charge is 0.337 e. The van der Waals surface area contributed by atoms with Crippen LogP contribution in [0.2, 0.25) is 0 Å². The van der Waals surface area contributed by atoms with Gasteiger partial charge in [0.2, 0.25) is 0 Å². The number of benzene rings is 1. The van der Waals surface area contributed by atoms with Gasteiger partial charge in [0.25, 0.3) is 0 Å². The molecule has 0 spiro atoms. The monoisotopic (exact) mass is 188 g/mol. The Bertz CT molecular complexity index is 383. The van der Waals surface area contributed by atoms with Crippen LogP contribution in [0.15, 0.2) is 24.3 Å². The van der Waals surface area contributed by atoms with Crippen molar-refractivity contribution in [3.05, 3.63) is 35.4 Å². The largest absolute Gasteiger partial charge is 0.465 e. The summed E-state index contributed by atoms with van der Waals surface area (Å²) in [4.78, 5) is 11.2. The molecule has 0 aromatic heterocycles. The van der Waals surface area contributed by atoms with Crippen molar-refractivity contribution in [3.8, 4) is 11.8 Å². The molecule has 14 heavy (non-hydrogen) atoms. The minimum absolute atomic E-state index is 0.329. The predicted octanol–water partition coefficient (Wildman–Crippen LogP) is 2.23. The highest BCUT2D eigenvalue weighted by Crippen LogP contribution is 2.05. The second kappa shape index (κ2) is 5.08. The highest BCUT2D eigenvalue weighted by molar-refractivity contribution is 5.89. The van der Waals surface area contributed by atoms with Crippen molar-refractivity contribution in [1.29, 1.82) is 0 Å². The first-order valence-corrected chi connectivity index (χ1v) is 4.45.